The standard InChI is InChI=1S/C18H37BrO2/c1-2-3-4-5-8-11-14-17(20)18(21)15-12-9-6-7-10-13-16-19/h17-18,20-21H,2-16H2,1H3. The molecule has 0 aromatic rings. The summed E-state index contributed by atoms with van der Waals surface area (Å²) in [5.74, 6) is 0. The Morgan fingerprint density at radius 3 is 1.43 bits per heavy atom. The lowest BCUT2D eigenvalue weighted by atomic mass is 10.00. The van der Waals surface area contributed by atoms with Gasteiger partial charge in [0.25, 0.3) is 0 Å². The fourth-order valence-corrected chi connectivity index (χ4v) is 3.07. The van der Waals surface area contributed by atoms with Crippen LogP contribution in [-0.4, -0.2) is 27.8 Å². The van der Waals surface area contributed by atoms with E-state index in [2.05, 4.69) is 22.9 Å². The second-order valence-corrected chi connectivity index (χ2v) is 7.08. The van der Waals surface area contributed by atoms with Gasteiger partial charge in [0, 0.05) is 5.33 Å². The minimum atomic E-state index is -0.511. The molecule has 0 fully saturated rings. The topological polar surface area (TPSA) is 40.5 Å². The van der Waals surface area contributed by atoms with E-state index in [0.29, 0.717) is 0 Å². The van der Waals surface area contributed by atoms with E-state index >= 15 is 0 Å². The zero-order valence-electron chi connectivity index (χ0n) is 14.0. The second kappa shape index (κ2) is 16.8. The summed E-state index contributed by atoms with van der Waals surface area (Å²) in [5, 5.41) is 21.0. The van der Waals surface area contributed by atoms with Crippen LogP contribution in [0.4, 0.5) is 0 Å². The van der Waals surface area contributed by atoms with E-state index in [1.54, 1.807) is 0 Å². The first-order valence-corrected chi connectivity index (χ1v) is 10.3. The lowest BCUT2D eigenvalue weighted by Gasteiger charge is -2.17. The molecule has 0 aliphatic heterocycles. The summed E-state index contributed by atoms with van der Waals surface area (Å²) in [6.07, 6.45) is 15.3. The van der Waals surface area contributed by atoms with Crippen molar-refractivity contribution < 1.29 is 10.2 Å². The van der Waals surface area contributed by atoms with Crippen molar-refractivity contribution in [1.29, 1.82) is 0 Å². The van der Waals surface area contributed by atoms with E-state index in [1.165, 1.54) is 64.2 Å². The Morgan fingerprint density at radius 1 is 0.619 bits per heavy atom. The van der Waals surface area contributed by atoms with Crippen LogP contribution in [0.25, 0.3) is 0 Å². The molecule has 0 heterocycles. The number of rotatable bonds is 16. The molecule has 2 atom stereocenters. The first-order chi connectivity index (χ1) is 10.2. The Labute approximate surface area is 140 Å². The minimum Gasteiger partial charge on any atom is -0.390 e. The lowest BCUT2D eigenvalue weighted by molar-refractivity contribution is 0.00712. The summed E-state index contributed by atoms with van der Waals surface area (Å²) >= 11 is 3.44. The molecule has 0 amide bonds. The number of aliphatic hydroxyl groups excluding tert-OH is 2. The van der Waals surface area contributed by atoms with Crippen LogP contribution in [0, 0.1) is 0 Å². The van der Waals surface area contributed by atoms with Crippen molar-refractivity contribution in [2.24, 2.45) is 0 Å². The molecule has 0 radical (unpaired) electrons. The molecule has 0 rings (SSSR count). The molecule has 2 nitrogen and oxygen atoms in total. The highest BCUT2D eigenvalue weighted by Crippen LogP contribution is 2.15. The van der Waals surface area contributed by atoms with Gasteiger partial charge >= 0.3 is 0 Å². The highest BCUT2D eigenvalue weighted by atomic mass is 79.9. The molecule has 0 bridgehead atoms. The van der Waals surface area contributed by atoms with Crippen molar-refractivity contribution in [2.75, 3.05) is 5.33 Å². The van der Waals surface area contributed by atoms with Gasteiger partial charge in [0.2, 0.25) is 0 Å². The van der Waals surface area contributed by atoms with Gasteiger partial charge in [-0.2, -0.15) is 0 Å². The fraction of sp³-hybridized carbons (Fsp3) is 1.00. The van der Waals surface area contributed by atoms with Crippen LogP contribution in [-0.2, 0) is 0 Å². The summed E-state index contributed by atoms with van der Waals surface area (Å²) < 4.78 is 0. The highest BCUT2D eigenvalue weighted by molar-refractivity contribution is 9.09. The Morgan fingerprint density at radius 2 is 1.00 bits per heavy atom. The summed E-state index contributed by atoms with van der Waals surface area (Å²) in [6.45, 7) is 2.22. The third kappa shape index (κ3) is 15.1. The smallest absolute Gasteiger partial charge is 0.0799 e. The minimum absolute atomic E-state index is 0.510. The van der Waals surface area contributed by atoms with Gasteiger partial charge in [0.1, 0.15) is 0 Å². The van der Waals surface area contributed by atoms with Crippen molar-refractivity contribution in [1.82, 2.24) is 0 Å². The molecule has 0 aliphatic rings. The van der Waals surface area contributed by atoms with E-state index in [-0.39, 0.29) is 0 Å². The zero-order chi connectivity index (χ0) is 15.8. The van der Waals surface area contributed by atoms with Crippen LogP contribution in [0.3, 0.4) is 0 Å². The van der Waals surface area contributed by atoms with Crippen LogP contribution >= 0.6 is 15.9 Å². The normalized spacial score (nSPS) is 14.3. The molecular weight excluding hydrogens is 328 g/mol. The monoisotopic (exact) mass is 364 g/mol. The maximum atomic E-state index is 9.94. The number of unbranched alkanes of at least 4 members (excludes halogenated alkanes) is 10. The molecule has 3 heteroatoms. The number of alkyl halides is 1. The molecule has 0 aromatic heterocycles. The van der Waals surface area contributed by atoms with Crippen molar-refractivity contribution in [3.05, 3.63) is 0 Å². The molecule has 0 spiro atoms. The molecule has 2 unspecified atom stereocenters. The predicted octanol–water partition coefficient (Wildman–Crippen LogP) is 5.58. The second-order valence-electron chi connectivity index (χ2n) is 6.29. The van der Waals surface area contributed by atoms with Gasteiger partial charge in [-0.25, -0.2) is 0 Å². The number of hydrogen-bond donors (Lipinski definition) is 2. The highest BCUT2D eigenvalue weighted by Gasteiger charge is 2.14. The largest absolute Gasteiger partial charge is 0.390 e. The first-order valence-electron chi connectivity index (χ1n) is 9.14. The van der Waals surface area contributed by atoms with E-state index in [0.717, 1.165) is 31.0 Å². The maximum absolute atomic E-state index is 9.94. The van der Waals surface area contributed by atoms with Gasteiger partial charge in [-0.05, 0) is 19.3 Å². The van der Waals surface area contributed by atoms with Gasteiger partial charge < -0.3 is 10.2 Å². The van der Waals surface area contributed by atoms with Crippen molar-refractivity contribution in [3.63, 3.8) is 0 Å². The average molecular weight is 365 g/mol. The van der Waals surface area contributed by atoms with Crippen LogP contribution in [0.2, 0.25) is 0 Å². The zero-order valence-corrected chi connectivity index (χ0v) is 15.6. The van der Waals surface area contributed by atoms with E-state index < -0.39 is 12.2 Å². The van der Waals surface area contributed by atoms with Gasteiger partial charge in [-0.1, -0.05) is 93.5 Å². The van der Waals surface area contributed by atoms with Gasteiger partial charge in [0.05, 0.1) is 12.2 Å². The van der Waals surface area contributed by atoms with Crippen molar-refractivity contribution in [2.45, 2.75) is 109 Å². The van der Waals surface area contributed by atoms with E-state index in [1.807, 2.05) is 0 Å². The molecular formula is C18H37BrO2. The fourth-order valence-electron chi connectivity index (χ4n) is 2.67. The van der Waals surface area contributed by atoms with E-state index in [4.69, 9.17) is 0 Å². The van der Waals surface area contributed by atoms with E-state index in [9.17, 15) is 10.2 Å². The van der Waals surface area contributed by atoms with Crippen LogP contribution in [0.1, 0.15) is 96.8 Å². The average Bonchev–Trinajstić information content (AvgIpc) is 2.49. The molecule has 0 aromatic carbocycles. The van der Waals surface area contributed by atoms with Gasteiger partial charge in [-0.3, -0.25) is 0 Å². The third-order valence-corrected chi connectivity index (χ3v) is 4.74. The Balaban J connectivity index is 3.34. The molecule has 0 aliphatic carbocycles. The van der Waals surface area contributed by atoms with Crippen molar-refractivity contribution >= 4 is 15.9 Å². The van der Waals surface area contributed by atoms with Crippen LogP contribution < -0.4 is 0 Å². The first kappa shape index (κ1) is 21.4. The molecule has 2 N–H and O–H groups in total. The quantitative estimate of drug-likeness (QED) is 0.277. The molecule has 128 valence electrons. The molecule has 0 saturated heterocycles. The predicted molar refractivity (Wildman–Crippen MR) is 96.1 cm³/mol. The Kier molecular flexibility index (Phi) is 17.1. The van der Waals surface area contributed by atoms with Crippen LogP contribution in [0.15, 0.2) is 0 Å². The van der Waals surface area contributed by atoms with Gasteiger partial charge in [-0.15, -0.1) is 0 Å². The SMILES string of the molecule is CCCCCCCCC(O)C(O)CCCCCCCCBr. The summed E-state index contributed by atoms with van der Waals surface area (Å²) in [5.41, 5.74) is 0. The maximum Gasteiger partial charge on any atom is 0.0799 e. The molecule has 0 saturated carbocycles. The van der Waals surface area contributed by atoms with Crippen LogP contribution in [0.5, 0.6) is 0 Å². The number of aliphatic hydroxyl groups is 2. The summed E-state index contributed by atoms with van der Waals surface area (Å²) in [4.78, 5) is 0. The summed E-state index contributed by atoms with van der Waals surface area (Å²) in [6, 6.07) is 0. The van der Waals surface area contributed by atoms with Gasteiger partial charge in [0.15, 0.2) is 0 Å². The molecule has 21 heavy (non-hydrogen) atoms. The Hall–Kier alpha value is 0.400. The number of hydrogen-bond acceptors (Lipinski definition) is 2. The summed E-state index contributed by atoms with van der Waals surface area (Å²) in [7, 11) is 0. The third-order valence-electron chi connectivity index (χ3n) is 4.18. The van der Waals surface area contributed by atoms with Crippen molar-refractivity contribution in [3.8, 4) is 0 Å². The Bertz CT molecular complexity index is 200. The lowest BCUT2D eigenvalue weighted by Crippen LogP contribution is -2.25. The number of halogens is 1.